The highest BCUT2D eigenvalue weighted by atomic mass is 19.1. The second-order valence-corrected chi connectivity index (χ2v) is 7.31. The van der Waals surface area contributed by atoms with Crippen LogP contribution in [0.15, 0.2) is 77.6 Å². The van der Waals surface area contributed by atoms with Gasteiger partial charge in [-0.15, -0.1) is 0 Å². The van der Waals surface area contributed by atoms with E-state index in [4.69, 9.17) is 9.97 Å². The van der Waals surface area contributed by atoms with E-state index >= 15 is 0 Å². The van der Waals surface area contributed by atoms with Crippen LogP contribution in [0.4, 0.5) is 4.39 Å². The van der Waals surface area contributed by atoms with Gasteiger partial charge in [0.1, 0.15) is 22.7 Å². The van der Waals surface area contributed by atoms with Crippen molar-refractivity contribution in [1.29, 1.82) is 0 Å². The normalized spacial score (nSPS) is 11.8. The zero-order valence-electron chi connectivity index (χ0n) is 16.0. The van der Waals surface area contributed by atoms with E-state index in [1.165, 1.54) is 12.1 Å². The van der Waals surface area contributed by atoms with Gasteiger partial charge in [-0.05, 0) is 48.5 Å². The summed E-state index contributed by atoms with van der Waals surface area (Å²) in [5.41, 5.74) is 4.15. The highest BCUT2D eigenvalue weighted by Gasteiger charge is 2.20. The lowest BCUT2D eigenvalue weighted by molar-refractivity contribution is 0.628. The lowest BCUT2D eigenvalue weighted by Crippen LogP contribution is -2.13. The standard InChI is InChI=1S/C24H15FN4O/c1-28-18-8-4-2-6-16(18)21(30)20-23(28)27-22(14-10-12-15(25)13-11-14)29-19-9-5-3-7-17(19)26-24(20)29/h2-13H,1H3. The number of aryl methyl sites for hydroxylation is 1. The number of benzene rings is 3. The Hall–Kier alpha value is -4.06. The molecule has 6 aromatic rings. The van der Waals surface area contributed by atoms with Crippen molar-refractivity contribution in [3.8, 4) is 11.4 Å². The summed E-state index contributed by atoms with van der Waals surface area (Å²) in [6.07, 6.45) is 0. The van der Waals surface area contributed by atoms with Crippen LogP contribution in [0.3, 0.4) is 0 Å². The van der Waals surface area contributed by atoms with Crippen LogP contribution in [0, 0.1) is 5.82 Å². The van der Waals surface area contributed by atoms with Gasteiger partial charge in [0, 0.05) is 18.0 Å². The van der Waals surface area contributed by atoms with Gasteiger partial charge in [-0.25, -0.2) is 14.4 Å². The van der Waals surface area contributed by atoms with Crippen molar-refractivity contribution < 1.29 is 4.39 Å². The number of hydrogen-bond acceptors (Lipinski definition) is 3. The zero-order valence-corrected chi connectivity index (χ0v) is 16.0. The third-order valence-corrected chi connectivity index (χ3v) is 5.59. The maximum absolute atomic E-state index is 13.6. The molecule has 0 unspecified atom stereocenters. The van der Waals surface area contributed by atoms with Crippen molar-refractivity contribution >= 4 is 38.6 Å². The first-order valence-electron chi connectivity index (χ1n) is 9.58. The minimum Gasteiger partial charge on any atom is -0.328 e. The minimum atomic E-state index is -0.315. The molecule has 6 rings (SSSR count). The van der Waals surface area contributed by atoms with E-state index in [1.54, 1.807) is 12.1 Å². The summed E-state index contributed by atoms with van der Waals surface area (Å²) in [4.78, 5) is 23.2. The summed E-state index contributed by atoms with van der Waals surface area (Å²) in [5, 5.41) is 1.09. The van der Waals surface area contributed by atoms with Crippen LogP contribution in [0.5, 0.6) is 0 Å². The molecule has 0 saturated heterocycles. The second kappa shape index (κ2) is 5.97. The molecule has 5 nitrogen and oxygen atoms in total. The molecule has 3 aromatic heterocycles. The molecule has 0 aliphatic rings. The van der Waals surface area contributed by atoms with Crippen LogP contribution >= 0.6 is 0 Å². The molecular formula is C24H15FN4O. The number of aromatic nitrogens is 4. The van der Waals surface area contributed by atoms with E-state index in [-0.39, 0.29) is 11.2 Å². The van der Waals surface area contributed by atoms with Gasteiger partial charge < -0.3 is 4.57 Å². The van der Waals surface area contributed by atoms with Crippen LogP contribution in [0.25, 0.3) is 50.0 Å². The number of rotatable bonds is 1. The van der Waals surface area contributed by atoms with Crippen molar-refractivity contribution in [3.05, 3.63) is 88.8 Å². The largest absolute Gasteiger partial charge is 0.328 e. The Morgan fingerprint density at radius 1 is 0.800 bits per heavy atom. The lowest BCUT2D eigenvalue weighted by Gasteiger charge is -2.13. The number of halogens is 1. The van der Waals surface area contributed by atoms with E-state index in [2.05, 4.69) is 0 Å². The quantitative estimate of drug-likeness (QED) is 0.380. The van der Waals surface area contributed by atoms with Crippen molar-refractivity contribution in [2.24, 2.45) is 7.05 Å². The van der Waals surface area contributed by atoms with Crippen LogP contribution < -0.4 is 5.43 Å². The van der Waals surface area contributed by atoms with E-state index in [1.807, 2.05) is 64.5 Å². The Morgan fingerprint density at radius 3 is 2.30 bits per heavy atom. The lowest BCUT2D eigenvalue weighted by atomic mass is 10.1. The highest BCUT2D eigenvalue weighted by molar-refractivity contribution is 6.02. The minimum absolute atomic E-state index is 0.0998. The van der Waals surface area contributed by atoms with Crippen molar-refractivity contribution in [2.45, 2.75) is 0 Å². The molecule has 0 spiro atoms. The number of fused-ring (bicyclic) bond motifs is 6. The summed E-state index contributed by atoms with van der Waals surface area (Å²) < 4.78 is 17.4. The van der Waals surface area contributed by atoms with E-state index in [9.17, 15) is 9.18 Å². The van der Waals surface area contributed by atoms with E-state index in [0.29, 0.717) is 27.9 Å². The molecule has 0 aliphatic carbocycles. The molecule has 0 radical (unpaired) electrons. The number of nitrogens with zero attached hydrogens (tertiary/aromatic N) is 4. The maximum atomic E-state index is 13.6. The Bertz CT molecular complexity index is 1680. The van der Waals surface area contributed by atoms with Gasteiger partial charge in [0.25, 0.3) is 0 Å². The third-order valence-electron chi connectivity index (χ3n) is 5.59. The number of para-hydroxylation sites is 3. The molecule has 6 heteroatoms. The molecule has 3 aromatic carbocycles. The average Bonchev–Trinajstić information content (AvgIpc) is 3.17. The fourth-order valence-corrected chi connectivity index (χ4v) is 4.16. The summed E-state index contributed by atoms with van der Waals surface area (Å²) in [5.74, 6) is 0.293. The predicted molar refractivity (Wildman–Crippen MR) is 116 cm³/mol. The smallest absolute Gasteiger partial charge is 0.202 e. The fourth-order valence-electron chi connectivity index (χ4n) is 4.16. The van der Waals surface area contributed by atoms with Crippen LogP contribution in [0.1, 0.15) is 0 Å². The Kier molecular flexibility index (Phi) is 3.35. The molecule has 3 heterocycles. The van der Waals surface area contributed by atoms with Crippen LogP contribution in [0.2, 0.25) is 0 Å². The first-order valence-corrected chi connectivity index (χ1v) is 9.58. The fraction of sp³-hybridized carbons (Fsp3) is 0.0417. The van der Waals surface area contributed by atoms with Crippen molar-refractivity contribution in [2.75, 3.05) is 0 Å². The number of imidazole rings is 1. The Balaban J connectivity index is 1.92. The predicted octanol–water partition coefficient (Wildman–Crippen LogP) is 4.69. The van der Waals surface area contributed by atoms with Crippen LogP contribution in [-0.2, 0) is 7.05 Å². The molecule has 0 bridgehead atoms. The highest BCUT2D eigenvalue weighted by Crippen LogP contribution is 2.29. The van der Waals surface area contributed by atoms with Gasteiger partial charge in [0.15, 0.2) is 5.65 Å². The van der Waals surface area contributed by atoms with Gasteiger partial charge in [-0.2, -0.15) is 0 Å². The molecule has 0 amide bonds. The van der Waals surface area contributed by atoms with Crippen molar-refractivity contribution in [3.63, 3.8) is 0 Å². The molecular weight excluding hydrogens is 379 g/mol. The average molecular weight is 394 g/mol. The topological polar surface area (TPSA) is 52.2 Å². The Labute approximate surface area is 169 Å². The van der Waals surface area contributed by atoms with Gasteiger partial charge in [0.2, 0.25) is 5.43 Å². The first-order chi connectivity index (χ1) is 14.6. The molecule has 0 fully saturated rings. The van der Waals surface area contributed by atoms with Crippen LogP contribution in [-0.4, -0.2) is 18.9 Å². The molecule has 0 saturated carbocycles. The SMILES string of the molecule is Cn1c2ccccc2c(=O)c2c1nc(-c1ccc(F)cc1)n1c3ccccc3nc21. The monoisotopic (exact) mass is 394 g/mol. The number of hydrogen-bond donors (Lipinski definition) is 0. The number of pyridine rings is 1. The third kappa shape index (κ3) is 2.18. The van der Waals surface area contributed by atoms with Gasteiger partial charge in [0.05, 0.1) is 16.6 Å². The molecule has 30 heavy (non-hydrogen) atoms. The summed E-state index contributed by atoms with van der Waals surface area (Å²) in [7, 11) is 1.89. The maximum Gasteiger partial charge on any atom is 0.202 e. The summed E-state index contributed by atoms with van der Waals surface area (Å²) in [6.45, 7) is 0. The zero-order chi connectivity index (χ0) is 20.4. The first kappa shape index (κ1) is 16.9. The van der Waals surface area contributed by atoms with E-state index < -0.39 is 0 Å². The van der Waals surface area contributed by atoms with Crippen molar-refractivity contribution in [1.82, 2.24) is 18.9 Å². The van der Waals surface area contributed by atoms with E-state index in [0.717, 1.165) is 22.1 Å². The van der Waals surface area contributed by atoms with Gasteiger partial charge >= 0.3 is 0 Å². The second-order valence-electron chi connectivity index (χ2n) is 7.31. The summed E-state index contributed by atoms with van der Waals surface area (Å²) >= 11 is 0. The summed E-state index contributed by atoms with van der Waals surface area (Å²) in [6, 6.07) is 21.4. The molecule has 0 N–H and O–H groups in total. The Morgan fingerprint density at radius 2 is 1.50 bits per heavy atom. The molecule has 0 aliphatic heterocycles. The molecule has 0 atom stereocenters. The van der Waals surface area contributed by atoms with Gasteiger partial charge in [-0.3, -0.25) is 9.20 Å². The molecule has 144 valence electrons. The van der Waals surface area contributed by atoms with Gasteiger partial charge in [-0.1, -0.05) is 24.3 Å².